The molecule has 0 N–H and O–H groups in total. The summed E-state index contributed by atoms with van der Waals surface area (Å²) >= 11 is 0. The molecule has 3 nitrogen and oxygen atoms in total. The smallest absolute Gasteiger partial charge is 0.338 e. The summed E-state index contributed by atoms with van der Waals surface area (Å²) < 4.78 is 10.6. The van der Waals surface area contributed by atoms with Crippen LogP contribution < -0.4 is 0 Å². The maximum Gasteiger partial charge on any atom is 0.338 e. The lowest BCUT2D eigenvalue weighted by Gasteiger charge is -2.24. The Labute approximate surface area is 69.2 Å². The van der Waals surface area contributed by atoms with Crippen LogP contribution in [0, 0.1) is 11.3 Å². The second kappa shape index (κ2) is 5.30. The molecule has 0 spiro atoms. The normalized spacial score (nSPS) is 11.1. The first-order valence-corrected chi connectivity index (χ1v) is 5.95. The van der Waals surface area contributed by atoms with Gasteiger partial charge in [0.1, 0.15) is 0 Å². The highest BCUT2D eigenvalue weighted by molar-refractivity contribution is 6.67. The molecule has 0 atom stereocenters. The second-order valence-electron chi connectivity index (χ2n) is 2.33. The summed E-state index contributed by atoms with van der Waals surface area (Å²) in [6, 6.07) is 3.78. The summed E-state index contributed by atoms with van der Waals surface area (Å²) in [6.45, 7) is 2.04. The molecule has 0 unspecified atom stereocenters. The topological polar surface area (TPSA) is 42.2 Å². The van der Waals surface area contributed by atoms with Gasteiger partial charge in [0, 0.05) is 26.7 Å². The van der Waals surface area contributed by atoms with Crippen LogP contribution in [0.2, 0.25) is 12.1 Å². The Kier molecular flexibility index (Phi) is 5.12. The van der Waals surface area contributed by atoms with Crippen LogP contribution in [0.5, 0.6) is 0 Å². The van der Waals surface area contributed by atoms with Gasteiger partial charge < -0.3 is 8.85 Å². The SMILES string of the molecule is CC[Si](CCC#N)(OC)OC. The minimum Gasteiger partial charge on any atom is -0.398 e. The fourth-order valence-electron chi connectivity index (χ4n) is 0.999. The van der Waals surface area contributed by atoms with E-state index in [1.807, 2.05) is 6.92 Å². The molecule has 4 heteroatoms. The Hall–Kier alpha value is -0.373. The maximum absolute atomic E-state index is 8.38. The number of hydrogen-bond donors (Lipinski definition) is 0. The van der Waals surface area contributed by atoms with Crippen LogP contribution in [0.15, 0.2) is 0 Å². The molecule has 0 saturated heterocycles. The molecule has 0 aliphatic rings. The van der Waals surface area contributed by atoms with E-state index in [0.29, 0.717) is 6.42 Å². The Morgan fingerprint density at radius 3 is 2.18 bits per heavy atom. The number of nitriles is 1. The molecule has 0 aromatic rings. The molecule has 0 bridgehead atoms. The molecule has 0 amide bonds. The zero-order valence-corrected chi connectivity index (χ0v) is 8.39. The van der Waals surface area contributed by atoms with Crippen molar-refractivity contribution >= 4 is 8.56 Å². The van der Waals surface area contributed by atoms with E-state index in [2.05, 4.69) is 6.07 Å². The molecule has 0 saturated carbocycles. The fraction of sp³-hybridized carbons (Fsp3) is 0.857. The molecule has 11 heavy (non-hydrogen) atoms. The van der Waals surface area contributed by atoms with Crippen LogP contribution in [0.25, 0.3) is 0 Å². The van der Waals surface area contributed by atoms with Gasteiger partial charge in [0.15, 0.2) is 0 Å². The largest absolute Gasteiger partial charge is 0.398 e. The van der Waals surface area contributed by atoms with Crippen molar-refractivity contribution in [3.05, 3.63) is 0 Å². The molecule has 0 aliphatic heterocycles. The molecule has 0 fully saturated rings. The fourth-order valence-corrected chi connectivity index (χ4v) is 3.00. The predicted molar refractivity (Wildman–Crippen MR) is 45.3 cm³/mol. The maximum atomic E-state index is 8.38. The van der Waals surface area contributed by atoms with Crippen molar-refractivity contribution in [2.75, 3.05) is 14.2 Å². The summed E-state index contributed by atoms with van der Waals surface area (Å²) in [6.07, 6.45) is 0.530. The highest BCUT2D eigenvalue weighted by Crippen LogP contribution is 2.18. The minimum atomic E-state index is -1.96. The standard InChI is InChI=1S/C7H15NO2Si/c1-4-11(9-2,10-3)7-5-6-8/h4-5,7H2,1-3H3. The van der Waals surface area contributed by atoms with E-state index in [4.69, 9.17) is 14.1 Å². The van der Waals surface area contributed by atoms with Crippen LogP contribution in [-0.2, 0) is 8.85 Å². The molecule has 0 aromatic carbocycles. The van der Waals surface area contributed by atoms with Crippen LogP contribution in [0.3, 0.4) is 0 Å². The van der Waals surface area contributed by atoms with Crippen LogP contribution in [0.4, 0.5) is 0 Å². The number of hydrogen-bond acceptors (Lipinski definition) is 3. The lowest BCUT2D eigenvalue weighted by atomic mass is 10.6. The molecule has 0 aromatic heterocycles. The van der Waals surface area contributed by atoms with Gasteiger partial charge in [0.25, 0.3) is 0 Å². The van der Waals surface area contributed by atoms with Crippen molar-refractivity contribution in [3.63, 3.8) is 0 Å². The monoisotopic (exact) mass is 173 g/mol. The third-order valence-corrected chi connectivity index (χ3v) is 5.48. The Balaban J connectivity index is 3.96. The van der Waals surface area contributed by atoms with Crippen molar-refractivity contribution in [1.82, 2.24) is 0 Å². The summed E-state index contributed by atoms with van der Waals surface area (Å²) in [4.78, 5) is 0. The lowest BCUT2D eigenvalue weighted by Crippen LogP contribution is -2.38. The highest BCUT2D eigenvalue weighted by atomic mass is 28.4. The predicted octanol–water partition coefficient (Wildman–Crippen LogP) is 1.65. The average molecular weight is 173 g/mol. The summed E-state index contributed by atoms with van der Waals surface area (Å²) in [5.41, 5.74) is 0. The number of rotatable bonds is 5. The van der Waals surface area contributed by atoms with E-state index in [1.165, 1.54) is 0 Å². The number of nitrogens with zero attached hydrogens (tertiary/aromatic N) is 1. The van der Waals surface area contributed by atoms with Crippen molar-refractivity contribution in [3.8, 4) is 6.07 Å². The van der Waals surface area contributed by atoms with E-state index < -0.39 is 8.56 Å². The summed E-state index contributed by atoms with van der Waals surface area (Å²) in [5, 5.41) is 8.38. The lowest BCUT2D eigenvalue weighted by molar-refractivity contribution is 0.243. The third kappa shape index (κ3) is 3.02. The van der Waals surface area contributed by atoms with Gasteiger partial charge in [0.2, 0.25) is 0 Å². The van der Waals surface area contributed by atoms with Gasteiger partial charge in [-0.15, -0.1) is 0 Å². The molecule has 0 heterocycles. The van der Waals surface area contributed by atoms with E-state index in [-0.39, 0.29) is 0 Å². The molecule has 0 rings (SSSR count). The second-order valence-corrected chi connectivity index (χ2v) is 6.18. The first kappa shape index (κ1) is 10.6. The third-order valence-electron chi connectivity index (χ3n) is 1.90. The molecular formula is C7H15NO2Si. The first-order chi connectivity index (χ1) is 5.24. The van der Waals surface area contributed by atoms with Crippen LogP contribution in [-0.4, -0.2) is 22.8 Å². The van der Waals surface area contributed by atoms with E-state index >= 15 is 0 Å². The quantitative estimate of drug-likeness (QED) is 0.594. The van der Waals surface area contributed by atoms with E-state index in [1.54, 1.807) is 14.2 Å². The Bertz CT molecular complexity index is 132. The van der Waals surface area contributed by atoms with Crippen molar-refractivity contribution < 1.29 is 8.85 Å². The zero-order valence-electron chi connectivity index (χ0n) is 7.39. The minimum absolute atomic E-state index is 0.530. The Morgan fingerprint density at radius 1 is 1.36 bits per heavy atom. The Morgan fingerprint density at radius 2 is 1.91 bits per heavy atom. The highest BCUT2D eigenvalue weighted by Gasteiger charge is 2.32. The average Bonchev–Trinajstić information content (AvgIpc) is 2.08. The van der Waals surface area contributed by atoms with E-state index in [9.17, 15) is 0 Å². The van der Waals surface area contributed by atoms with Crippen molar-refractivity contribution in [2.24, 2.45) is 0 Å². The molecule has 0 aliphatic carbocycles. The van der Waals surface area contributed by atoms with Gasteiger partial charge in [-0.2, -0.15) is 5.26 Å². The summed E-state index contributed by atoms with van der Waals surface area (Å²) in [5.74, 6) is 0. The van der Waals surface area contributed by atoms with E-state index in [0.717, 1.165) is 12.1 Å². The van der Waals surface area contributed by atoms with Crippen molar-refractivity contribution in [2.45, 2.75) is 25.4 Å². The van der Waals surface area contributed by atoms with Crippen LogP contribution >= 0.6 is 0 Å². The van der Waals surface area contributed by atoms with Gasteiger partial charge >= 0.3 is 8.56 Å². The van der Waals surface area contributed by atoms with Crippen molar-refractivity contribution in [1.29, 1.82) is 5.26 Å². The van der Waals surface area contributed by atoms with Gasteiger partial charge in [-0.3, -0.25) is 0 Å². The molecule has 0 radical (unpaired) electrons. The zero-order chi connectivity index (χ0) is 8.74. The van der Waals surface area contributed by atoms with Gasteiger partial charge in [0.05, 0.1) is 6.07 Å². The molecular weight excluding hydrogens is 158 g/mol. The van der Waals surface area contributed by atoms with Gasteiger partial charge in [-0.05, 0) is 6.04 Å². The molecule has 64 valence electrons. The van der Waals surface area contributed by atoms with Gasteiger partial charge in [-0.25, -0.2) is 0 Å². The van der Waals surface area contributed by atoms with Gasteiger partial charge in [-0.1, -0.05) is 6.92 Å². The summed E-state index contributed by atoms with van der Waals surface area (Å²) in [7, 11) is 1.37. The van der Waals surface area contributed by atoms with Crippen LogP contribution in [0.1, 0.15) is 13.3 Å². The first-order valence-electron chi connectivity index (χ1n) is 3.72.